The molecular weight excluding hydrogens is 358 g/mol. The van der Waals surface area contributed by atoms with Crippen LogP contribution in [0.4, 0.5) is 10.7 Å². The molecule has 2 fully saturated rings. The van der Waals surface area contributed by atoms with Crippen molar-refractivity contribution in [1.29, 1.82) is 0 Å². The highest BCUT2D eigenvalue weighted by Crippen LogP contribution is 2.21. The van der Waals surface area contributed by atoms with Crippen molar-refractivity contribution in [1.82, 2.24) is 20.2 Å². The lowest BCUT2D eigenvalue weighted by Gasteiger charge is -2.36. The van der Waals surface area contributed by atoms with E-state index in [2.05, 4.69) is 20.2 Å². The molecule has 8 nitrogen and oxygen atoms in total. The number of aromatic nitrogens is 2. The molecule has 1 N–H and O–H groups in total. The molecule has 1 aromatic rings. The maximum Gasteiger partial charge on any atom is 0.410 e. The maximum absolute atomic E-state index is 12.8. The van der Waals surface area contributed by atoms with Crippen molar-refractivity contribution in [2.75, 3.05) is 31.1 Å². The Hall–Kier alpha value is -2.38. The predicted molar refractivity (Wildman–Crippen MR) is 106 cm³/mol. The first-order chi connectivity index (χ1) is 13.3. The summed E-state index contributed by atoms with van der Waals surface area (Å²) < 4.78 is 5.42. The lowest BCUT2D eigenvalue weighted by Crippen LogP contribution is -2.50. The first-order valence-corrected chi connectivity index (χ1v) is 10.1. The van der Waals surface area contributed by atoms with Gasteiger partial charge in [0, 0.05) is 44.6 Å². The van der Waals surface area contributed by atoms with E-state index in [-0.39, 0.29) is 24.0 Å². The quantitative estimate of drug-likeness (QED) is 0.853. The molecule has 3 heterocycles. The number of carbonyl (C=O) groups is 2. The summed E-state index contributed by atoms with van der Waals surface area (Å²) in [6.45, 7) is 8.33. The van der Waals surface area contributed by atoms with Crippen LogP contribution < -0.4 is 10.2 Å². The second-order valence-corrected chi connectivity index (χ2v) is 8.58. The Morgan fingerprint density at radius 3 is 2.43 bits per heavy atom. The van der Waals surface area contributed by atoms with Crippen molar-refractivity contribution < 1.29 is 14.3 Å². The van der Waals surface area contributed by atoms with E-state index in [1.165, 1.54) is 0 Å². The van der Waals surface area contributed by atoms with E-state index >= 15 is 0 Å². The van der Waals surface area contributed by atoms with Crippen molar-refractivity contribution in [3.63, 3.8) is 0 Å². The summed E-state index contributed by atoms with van der Waals surface area (Å²) in [4.78, 5) is 37.3. The minimum Gasteiger partial charge on any atom is -0.444 e. The molecule has 3 rings (SSSR count). The fraction of sp³-hybridized carbons (Fsp3) is 0.700. The van der Waals surface area contributed by atoms with Crippen LogP contribution in [-0.4, -0.2) is 64.7 Å². The van der Waals surface area contributed by atoms with Crippen LogP contribution in [0.2, 0.25) is 0 Å². The fourth-order valence-corrected chi connectivity index (χ4v) is 3.68. The fourth-order valence-electron chi connectivity index (χ4n) is 3.68. The van der Waals surface area contributed by atoms with Crippen LogP contribution >= 0.6 is 0 Å². The number of rotatable bonds is 3. The second-order valence-electron chi connectivity index (χ2n) is 8.58. The highest BCUT2D eigenvalue weighted by atomic mass is 16.6. The van der Waals surface area contributed by atoms with E-state index in [9.17, 15) is 9.59 Å². The average molecular weight is 390 g/mol. The molecule has 1 aromatic heterocycles. The smallest absolute Gasteiger partial charge is 0.410 e. The van der Waals surface area contributed by atoms with Gasteiger partial charge in [0.25, 0.3) is 0 Å². The van der Waals surface area contributed by atoms with Crippen molar-refractivity contribution in [3.05, 3.63) is 18.5 Å². The van der Waals surface area contributed by atoms with E-state index in [1.54, 1.807) is 23.4 Å². The van der Waals surface area contributed by atoms with Gasteiger partial charge in [0.05, 0.1) is 5.92 Å². The van der Waals surface area contributed by atoms with Gasteiger partial charge in [0.15, 0.2) is 0 Å². The summed E-state index contributed by atoms with van der Waals surface area (Å²) in [7, 11) is 0. The minimum absolute atomic E-state index is 0.0542. The predicted octanol–water partition coefficient (Wildman–Crippen LogP) is 2.21. The normalized spacial score (nSPS) is 21.3. The number of hydrogen-bond donors (Lipinski definition) is 1. The van der Waals surface area contributed by atoms with E-state index in [0.717, 1.165) is 32.2 Å². The summed E-state index contributed by atoms with van der Waals surface area (Å²) in [6.07, 6.45) is 6.52. The zero-order chi connectivity index (χ0) is 20.1. The lowest BCUT2D eigenvalue weighted by atomic mass is 9.96. The Labute approximate surface area is 166 Å². The number of hydrogen-bond acceptors (Lipinski definition) is 6. The minimum atomic E-state index is -0.489. The van der Waals surface area contributed by atoms with Gasteiger partial charge in [-0.3, -0.25) is 4.79 Å². The number of nitrogens with one attached hydrogen (secondary N) is 1. The molecule has 0 saturated carbocycles. The van der Waals surface area contributed by atoms with Crippen LogP contribution in [0, 0.1) is 5.92 Å². The average Bonchev–Trinajstić information content (AvgIpc) is 2.68. The number of likely N-dealkylation sites (tertiary alicyclic amines) is 1. The van der Waals surface area contributed by atoms with E-state index in [0.29, 0.717) is 25.6 Å². The zero-order valence-corrected chi connectivity index (χ0v) is 17.1. The lowest BCUT2D eigenvalue weighted by molar-refractivity contribution is -0.126. The van der Waals surface area contributed by atoms with Gasteiger partial charge in [0.1, 0.15) is 5.60 Å². The molecule has 0 spiro atoms. The van der Waals surface area contributed by atoms with Gasteiger partial charge in [-0.15, -0.1) is 0 Å². The van der Waals surface area contributed by atoms with E-state index < -0.39 is 5.60 Å². The maximum atomic E-state index is 12.8. The first-order valence-electron chi connectivity index (χ1n) is 10.1. The Kier molecular flexibility index (Phi) is 6.36. The highest BCUT2D eigenvalue weighted by Gasteiger charge is 2.31. The number of ether oxygens (including phenoxy) is 1. The number of carbonyl (C=O) groups excluding carboxylic acids is 2. The van der Waals surface area contributed by atoms with Crippen LogP contribution in [0.5, 0.6) is 0 Å². The summed E-state index contributed by atoms with van der Waals surface area (Å²) in [6, 6.07) is 1.90. The van der Waals surface area contributed by atoms with Crippen LogP contribution in [0.3, 0.4) is 0 Å². The molecule has 2 aliphatic rings. The number of nitrogens with zero attached hydrogens (tertiary/aromatic N) is 4. The topological polar surface area (TPSA) is 87.7 Å². The van der Waals surface area contributed by atoms with Gasteiger partial charge in [-0.05, 0) is 52.5 Å². The Morgan fingerprint density at radius 1 is 1.11 bits per heavy atom. The first kappa shape index (κ1) is 20.4. The molecular formula is C20H31N5O3. The van der Waals surface area contributed by atoms with Gasteiger partial charge in [0.2, 0.25) is 11.9 Å². The monoisotopic (exact) mass is 389 g/mol. The molecule has 28 heavy (non-hydrogen) atoms. The summed E-state index contributed by atoms with van der Waals surface area (Å²) in [5, 5.41) is 3.18. The van der Waals surface area contributed by atoms with E-state index in [4.69, 9.17) is 4.74 Å². The van der Waals surface area contributed by atoms with Crippen molar-refractivity contribution in [2.45, 2.75) is 58.1 Å². The van der Waals surface area contributed by atoms with Gasteiger partial charge in [-0.2, -0.15) is 0 Å². The zero-order valence-electron chi connectivity index (χ0n) is 17.1. The van der Waals surface area contributed by atoms with Crippen LogP contribution in [-0.2, 0) is 9.53 Å². The molecule has 1 unspecified atom stereocenters. The Balaban J connectivity index is 1.46. The largest absolute Gasteiger partial charge is 0.444 e. The molecule has 0 aliphatic carbocycles. The SMILES string of the molecule is CC(C)(C)OC(=O)N1CCC(NC(=O)C2CCCN(c3ncccn3)C2)CC1. The van der Waals surface area contributed by atoms with Crippen LogP contribution in [0.1, 0.15) is 46.5 Å². The molecule has 0 aromatic carbocycles. The molecule has 0 bridgehead atoms. The van der Waals surface area contributed by atoms with Gasteiger partial charge < -0.3 is 19.9 Å². The molecule has 2 saturated heterocycles. The third-order valence-corrected chi connectivity index (χ3v) is 5.12. The highest BCUT2D eigenvalue weighted by molar-refractivity contribution is 5.80. The van der Waals surface area contributed by atoms with Crippen molar-refractivity contribution in [3.8, 4) is 0 Å². The van der Waals surface area contributed by atoms with Crippen LogP contribution in [0.15, 0.2) is 18.5 Å². The second kappa shape index (κ2) is 8.75. The molecule has 2 aliphatic heterocycles. The number of anilines is 1. The van der Waals surface area contributed by atoms with E-state index in [1.807, 2.05) is 20.8 Å². The summed E-state index contributed by atoms with van der Waals surface area (Å²) >= 11 is 0. The molecule has 2 amide bonds. The Bertz CT molecular complexity index is 668. The molecule has 8 heteroatoms. The van der Waals surface area contributed by atoms with Crippen molar-refractivity contribution in [2.24, 2.45) is 5.92 Å². The standard InChI is InChI=1S/C20H31N5O3/c1-20(2,3)28-19(27)24-12-7-16(8-13-24)23-17(26)15-6-4-11-25(14-15)18-21-9-5-10-22-18/h5,9-10,15-16H,4,6-8,11-14H2,1-3H3,(H,23,26). The summed E-state index contributed by atoms with van der Waals surface area (Å²) in [5.41, 5.74) is -0.489. The van der Waals surface area contributed by atoms with Crippen molar-refractivity contribution >= 4 is 17.9 Å². The van der Waals surface area contributed by atoms with Gasteiger partial charge in [-0.25, -0.2) is 14.8 Å². The van der Waals surface area contributed by atoms with Gasteiger partial charge >= 0.3 is 6.09 Å². The number of amides is 2. The molecule has 154 valence electrons. The third-order valence-electron chi connectivity index (χ3n) is 5.12. The molecule has 1 atom stereocenters. The van der Waals surface area contributed by atoms with Crippen LogP contribution in [0.25, 0.3) is 0 Å². The molecule has 0 radical (unpaired) electrons. The number of piperidine rings is 2. The third kappa shape index (κ3) is 5.56. The Morgan fingerprint density at radius 2 is 1.79 bits per heavy atom. The summed E-state index contributed by atoms with van der Waals surface area (Å²) in [5.74, 6) is 0.725. The van der Waals surface area contributed by atoms with Gasteiger partial charge in [-0.1, -0.05) is 0 Å².